The molecule has 0 saturated heterocycles. The average Bonchev–Trinajstić information content (AvgIpc) is 2.88. The van der Waals surface area contributed by atoms with Crippen LogP contribution in [0.2, 0.25) is 0 Å². The fourth-order valence-corrected chi connectivity index (χ4v) is 2.16. The number of anilines is 1. The summed E-state index contributed by atoms with van der Waals surface area (Å²) >= 11 is 2.90. The van der Waals surface area contributed by atoms with Gasteiger partial charge in [0.2, 0.25) is 0 Å². The van der Waals surface area contributed by atoms with Crippen LogP contribution in [0.25, 0.3) is 0 Å². The van der Waals surface area contributed by atoms with E-state index < -0.39 is 21.6 Å². The Labute approximate surface area is 136 Å². The van der Waals surface area contributed by atoms with Gasteiger partial charge in [-0.25, -0.2) is 0 Å². The zero-order valence-corrected chi connectivity index (χ0v) is 13.0. The van der Waals surface area contributed by atoms with Crippen molar-refractivity contribution in [1.82, 2.24) is 10.2 Å². The molecule has 0 aliphatic rings. The molecule has 12 heteroatoms. The SMILES string of the molecule is COc1cc(NC(=O)c2n[nH]c([N+](=O)[O-])c2Br)cc([N+](=O)[O-])c1. The van der Waals surface area contributed by atoms with Gasteiger partial charge < -0.3 is 20.2 Å². The second-order valence-corrected chi connectivity index (χ2v) is 4.92. The topological polar surface area (TPSA) is 153 Å². The molecule has 0 saturated carbocycles. The van der Waals surface area contributed by atoms with Crippen molar-refractivity contribution in [3.63, 3.8) is 0 Å². The van der Waals surface area contributed by atoms with E-state index in [-0.39, 0.29) is 27.3 Å². The minimum Gasteiger partial charge on any atom is -0.496 e. The molecule has 120 valence electrons. The van der Waals surface area contributed by atoms with Crippen molar-refractivity contribution in [3.05, 3.63) is 48.6 Å². The minimum absolute atomic E-state index is 0.0820. The number of halogens is 1. The van der Waals surface area contributed by atoms with E-state index in [4.69, 9.17) is 4.74 Å². The number of amides is 1. The van der Waals surface area contributed by atoms with Gasteiger partial charge in [0.15, 0.2) is 5.69 Å². The number of nitro benzene ring substituents is 1. The van der Waals surface area contributed by atoms with Gasteiger partial charge in [-0.3, -0.25) is 14.9 Å². The number of nitrogens with one attached hydrogen (secondary N) is 2. The molecule has 0 aliphatic heterocycles. The number of carbonyl (C=O) groups is 1. The van der Waals surface area contributed by atoms with E-state index in [2.05, 4.69) is 31.4 Å². The highest BCUT2D eigenvalue weighted by molar-refractivity contribution is 9.10. The molecule has 1 aromatic heterocycles. The fraction of sp³-hybridized carbons (Fsp3) is 0.0909. The molecule has 1 heterocycles. The van der Waals surface area contributed by atoms with Gasteiger partial charge in [-0.2, -0.15) is 0 Å². The molecule has 0 spiro atoms. The lowest BCUT2D eigenvalue weighted by Crippen LogP contribution is -2.13. The van der Waals surface area contributed by atoms with Crippen LogP contribution in [-0.2, 0) is 0 Å². The zero-order valence-electron chi connectivity index (χ0n) is 11.4. The highest BCUT2D eigenvalue weighted by atomic mass is 79.9. The van der Waals surface area contributed by atoms with E-state index >= 15 is 0 Å². The number of carbonyl (C=O) groups excluding carboxylic acids is 1. The van der Waals surface area contributed by atoms with Crippen LogP contribution < -0.4 is 10.1 Å². The Hall–Kier alpha value is -3.02. The first kappa shape index (κ1) is 16.4. The highest BCUT2D eigenvalue weighted by Crippen LogP contribution is 2.28. The van der Waals surface area contributed by atoms with Crippen LogP contribution >= 0.6 is 15.9 Å². The Morgan fingerprint density at radius 3 is 2.52 bits per heavy atom. The van der Waals surface area contributed by atoms with E-state index in [1.54, 1.807) is 0 Å². The molecular formula is C11H8BrN5O6. The number of ether oxygens (including phenoxy) is 1. The Balaban J connectivity index is 2.32. The smallest absolute Gasteiger partial charge is 0.357 e. The van der Waals surface area contributed by atoms with E-state index in [9.17, 15) is 25.0 Å². The largest absolute Gasteiger partial charge is 0.496 e. The van der Waals surface area contributed by atoms with Crippen molar-refractivity contribution in [2.75, 3.05) is 12.4 Å². The molecule has 0 radical (unpaired) electrons. The minimum atomic E-state index is -0.788. The van der Waals surface area contributed by atoms with Crippen molar-refractivity contribution in [3.8, 4) is 5.75 Å². The molecule has 2 N–H and O–H groups in total. The molecule has 0 unspecified atom stereocenters. The first-order valence-corrected chi connectivity index (χ1v) is 6.66. The number of H-pyrrole nitrogens is 1. The zero-order chi connectivity index (χ0) is 17.1. The van der Waals surface area contributed by atoms with Crippen LogP contribution in [0.4, 0.5) is 17.2 Å². The fourth-order valence-electron chi connectivity index (χ4n) is 1.66. The summed E-state index contributed by atoms with van der Waals surface area (Å²) in [5.74, 6) is -1.10. The number of non-ortho nitro benzene ring substituents is 1. The van der Waals surface area contributed by atoms with Gasteiger partial charge in [-0.1, -0.05) is 5.10 Å². The van der Waals surface area contributed by atoms with Crippen LogP contribution in [0.5, 0.6) is 5.75 Å². The molecular weight excluding hydrogens is 378 g/mol. The van der Waals surface area contributed by atoms with Crippen LogP contribution in [0.1, 0.15) is 10.5 Å². The summed E-state index contributed by atoms with van der Waals surface area (Å²) < 4.78 is 4.79. The van der Waals surface area contributed by atoms with E-state index in [1.807, 2.05) is 0 Å². The monoisotopic (exact) mass is 385 g/mol. The predicted molar refractivity (Wildman–Crippen MR) is 80.5 cm³/mol. The molecule has 2 aromatic rings. The van der Waals surface area contributed by atoms with E-state index in [0.717, 1.165) is 6.07 Å². The molecule has 11 nitrogen and oxygen atoms in total. The van der Waals surface area contributed by atoms with Crippen LogP contribution in [-0.4, -0.2) is 33.1 Å². The van der Waals surface area contributed by atoms with Gasteiger partial charge in [-0.05, 0) is 20.9 Å². The average molecular weight is 386 g/mol. The number of hydrogen-bond acceptors (Lipinski definition) is 7. The first-order valence-electron chi connectivity index (χ1n) is 5.86. The number of benzene rings is 1. The second-order valence-electron chi connectivity index (χ2n) is 4.12. The third-order valence-electron chi connectivity index (χ3n) is 2.68. The molecule has 1 amide bonds. The maximum atomic E-state index is 12.1. The van der Waals surface area contributed by atoms with E-state index in [1.165, 1.54) is 19.2 Å². The second kappa shape index (κ2) is 6.39. The van der Waals surface area contributed by atoms with Gasteiger partial charge in [0, 0.05) is 12.1 Å². The molecule has 2 rings (SSSR count). The lowest BCUT2D eigenvalue weighted by atomic mass is 10.2. The standard InChI is InChI=1S/C11H8BrN5O6/c1-23-7-3-5(2-6(4-7)16(19)20)13-11(18)9-8(12)10(15-14-9)17(21)22/h2-4H,1H3,(H,13,18)(H,14,15). The molecule has 23 heavy (non-hydrogen) atoms. The highest BCUT2D eigenvalue weighted by Gasteiger charge is 2.25. The number of nitrogens with zero attached hydrogens (tertiary/aromatic N) is 3. The number of aromatic nitrogens is 2. The molecule has 0 aliphatic carbocycles. The predicted octanol–water partition coefficient (Wildman–Crippen LogP) is 2.25. The lowest BCUT2D eigenvalue weighted by Gasteiger charge is -2.06. The summed E-state index contributed by atoms with van der Waals surface area (Å²) in [6.07, 6.45) is 0. The summed E-state index contributed by atoms with van der Waals surface area (Å²) in [6.45, 7) is 0. The van der Waals surface area contributed by atoms with Crippen LogP contribution in [0.3, 0.4) is 0 Å². The van der Waals surface area contributed by atoms with Gasteiger partial charge in [0.25, 0.3) is 11.6 Å². The van der Waals surface area contributed by atoms with Gasteiger partial charge in [-0.15, -0.1) is 5.10 Å². The maximum absolute atomic E-state index is 12.1. The Kier molecular flexibility index (Phi) is 4.55. The van der Waals surface area contributed by atoms with Crippen molar-refractivity contribution in [2.45, 2.75) is 0 Å². The normalized spacial score (nSPS) is 10.2. The Morgan fingerprint density at radius 1 is 1.30 bits per heavy atom. The first-order chi connectivity index (χ1) is 10.8. The van der Waals surface area contributed by atoms with Crippen molar-refractivity contribution in [1.29, 1.82) is 0 Å². The van der Waals surface area contributed by atoms with E-state index in [0.29, 0.717) is 0 Å². The quantitative estimate of drug-likeness (QED) is 0.590. The summed E-state index contributed by atoms with van der Waals surface area (Å²) in [4.78, 5) is 32.3. The third kappa shape index (κ3) is 3.42. The van der Waals surface area contributed by atoms with Crippen molar-refractivity contribution in [2.24, 2.45) is 0 Å². The number of hydrogen-bond donors (Lipinski definition) is 2. The summed E-state index contributed by atoms with van der Waals surface area (Å²) in [5.41, 5.74) is -0.465. The van der Waals surface area contributed by atoms with Gasteiger partial charge >= 0.3 is 5.82 Å². The molecule has 0 bridgehead atoms. The van der Waals surface area contributed by atoms with Crippen LogP contribution in [0, 0.1) is 20.2 Å². The molecule has 0 fully saturated rings. The Bertz CT molecular complexity index is 804. The molecule has 1 aromatic carbocycles. The Morgan fingerprint density at radius 2 is 2.00 bits per heavy atom. The molecule has 0 atom stereocenters. The van der Waals surface area contributed by atoms with Crippen molar-refractivity contribution < 1.29 is 19.4 Å². The lowest BCUT2D eigenvalue weighted by molar-refractivity contribution is -0.390. The number of methoxy groups -OCH3 is 1. The number of rotatable bonds is 5. The van der Waals surface area contributed by atoms with Crippen LogP contribution in [0.15, 0.2) is 22.7 Å². The summed E-state index contributed by atoms with van der Waals surface area (Å²) in [5, 5.41) is 29.6. The van der Waals surface area contributed by atoms with Gasteiger partial charge in [0.05, 0.1) is 23.8 Å². The summed E-state index contributed by atoms with van der Waals surface area (Å²) in [6, 6.07) is 3.67. The maximum Gasteiger partial charge on any atom is 0.357 e. The van der Waals surface area contributed by atoms with Gasteiger partial charge in [0.1, 0.15) is 10.2 Å². The number of aromatic amines is 1. The third-order valence-corrected chi connectivity index (χ3v) is 3.43. The van der Waals surface area contributed by atoms with Crippen molar-refractivity contribution >= 4 is 39.0 Å². The number of nitro groups is 2. The summed E-state index contributed by atoms with van der Waals surface area (Å²) in [7, 11) is 1.32.